The van der Waals surface area contributed by atoms with Crippen LogP contribution in [0.4, 0.5) is 11.6 Å². The van der Waals surface area contributed by atoms with E-state index in [1.807, 2.05) is 6.07 Å². The van der Waals surface area contributed by atoms with Gasteiger partial charge in [0, 0.05) is 25.4 Å². The van der Waals surface area contributed by atoms with Gasteiger partial charge in [-0.15, -0.1) is 0 Å². The van der Waals surface area contributed by atoms with Crippen molar-refractivity contribution in [1.29, 1.82) is 0 Å². The Kier molecular flexibility index (Phi) is 5.29. The topological polar surface area (TPSA) is 76.6 Å². The standard InChI is InChI=1S/C22H22N4O3/c1-28-17-7-8-20(29-2)19(13-17)24-21(27)18-9-11-23-22(25-18)26-12-10-15-5-3-4-6-16(15)14-26/h3-9,11,13H,10,12,14H2,1-2H3,(H,24,27). The van der Waals surface area contributed by atoms with Gasteiger partial charge in [0.15, 0.2) is 0 Å². The zero-order valence-corrected chi connectivity index (χ0v) is 16.4. The van der Waals surface area contributed by atoms with E-state index in [1.165, 1.54) is 11.1 Å². The molecular weight excluding hydrogens is 368 g/mol. The molecule has 0 bridgehead atoms. The smallest absolute Gasteiger partial charge is 0.274 e. The van der Waals surface area contributed by atoms with E-state index >= 15 is 0 Å². The summed E-state index contributed by atoms with van der Waals surface area (Å²) in [6.45, 7) is 1.54. The molecule has 0 saturated heterocycles. The van der Waals surface area contributed by atoms with E-state index in [4.69, 9.17) is 9.47 Å². The first-order chi connectivity index (χ1) is 14.2. The quantitative estimate of drug-likeness (QED) is 0.720. The van der Waals surface area contributed by atoms with Crippen LogP contribution in [0.3, 0.4) is 0 Å². The first-order valence-electron chi connectivity index (χ1n) is 9.36. The van der Waals surface area contributed by atoms with Crippen molar-refractivity contribution in [3.8, 4) is 11.5 Å². The molecule has 1 aliphatic rings. The van der Waals surface area contributed by atoms with Crippen LogP contribution in [-0.2, 0) is 13.0 Å². The van der Waals surface area contributed by atoms with Gasteiger partial charge in [-0.05, 0) is 35.7 Å². The molecule has 1 aliphatic heterocycles. The highest BCUT2D eigenvalue weighted by atomic mass is 16.5. The first-order valence-corrected chi connectivity index (χ1v) is 9.36. The maximum absolute atomic E-state index is 12.8. The Morgan fingerprint density at radius 2 is 1.90 bits per heavy atom. The van der Waals surface area contributed by atoms with Gasteiger partial charge in [0.25, 0.3) is 5.91 Å². The summed E-state index contributed by atoms with van der Waals surface area (Å²) in [7, 11) is 3.12. The van der Waals surface area contributed by atoms with Gasteiger partial charge in [0.1, 0.15) is 17.2 Å². The van der Waals surface area contributed by atoms with Crippen LogP contribution < -0.4 is 19.7 Å². The summed E-state index contributed by atoms with van der Waals surface area (Å²) in [5.41, 5.74) is 3.42. The molecule has 0 aliphatic carbocycles. The van der Waals surface area contributed by atoms with E-state index in [9.17, 15) is 4.79 Å². The fraction of sp³-hybridized carbons (Fsp3) is 0.227. The lowest BCUT2D eigenvalue weighted by atomic mass is 10.0. The fourth-order valence-electron chi connectivity index (χ4n) is 3.39. The zero-order chi connectivity index (χ0) is 20.2. The summed E-state index contributed by atoms with van der Waals surface area (Å²) in [6.07, 6.45) is 2.54. The molecule has 1 aromatic heterocycles. The van der Waals surface area contributed by atoms with Crippen LogP contribution in [0.15, 0.2) is 54.7 Å². The van der Waals surface area contributed by atoms with Gasteiger partial charge in [-0.1, -0.05) is 24.3 Å². The molecule has 29 heavy (non-hydrogen) atoms. The summed E-state index contributed by atoms with van der Waals surface area (Å²) in [6, 6.07) is 15.2. The molecule has 7 heteroatoms. The van der Waals surface area contributed by atoms with E-state index in [0.29, 0.717) is 28.8 Å². The minimum absolute atomic E-state index is 0.290. The Morgan fingerprint density at radius 1 is 1.07 bits per heavy atom. The molecule has 0 spiro atoms. The molecule has 1 amide bonds. The van der Waals surface area contributed by atoms with Crippen LogP contribution in [0, 0.1) is 0 Å². The van der Waals surface area contributed by atoms with Crippen LogP contribution in [0.5, 0.6) is 11.5 Å². The number of amides is 1. The highest BCUT2D eigenvalue weighted by molar-refractivity contribution is 6.03. The van der Waals surface area contributed by atoms with E-state index in [1.54, 1.807) is 44.7 Å². The van der Waals surface area contributed by atoms with Crippen molar-refractivity contribution in [1.82, 2.24) is 9.97 Å². The number of hydrogen-bond acceptors (Lipinski definition) is 6. The third kappa shape index (κ3) is 3.99. The number of carbonyl (C=O) groups excluding carboxylic acids is 1. The Morgan fingerprint density at radius 3 is 2.69 bits per heavy atom. The van der Waals surface area contributed by atoms with Gasteiger partial charge >= 0.3 is 0 Å². The van der Waals surface area contributed by atoms with E-state index in [0.717, 1.165) is 19.5 Å². The molecule has 0 atom stereocenters. The fourth-order valence-corrected chi connectivity index (χ4v) is 3.39. The molecule has 0 fully saturated rings. The maximum atomic E-state index is 12.8. The summed E-state index contributed by atoms with van der Waals surface area (Å²) in [4.78, 5) is 23.8. The maximum Gasteiger partial charge on any atom is 0.274 e. The second kappa shape index (κ2) is 8.18. The number of nitrogens with zero attached hydrogens (tertiary/aromatic N) is 3. The molecule has 7 nitrogen and oxygen atoms in total. The molecule has 2 aromatic carbocycles. The lowest BCUT2D eigenvalue weighted by molar-refractivity contribution is 0.102. The molecular formula is C22H22N4O3. The molecule has 4 rings (SSSR count). The second-order valence-electron chi connectivity index (χ2n) is 6.70. The first kappa shape index (κ1) is 18.7. The second-order valence-corrected chi connectivity index (χ2v) is 6.70. The normalized spacial score (nSPS) is 12.8. The van der Waals surface area contributed by atoms with Crippen molar-refractivity contribution in [2.24, 2.45) is 0 Å². The summed E-state index contributed by atoms with van der Waals surface area (Å²) < 4.78 is 10.6. The van der Waals surface area contributed by atoms with Crippen molar-refractivity contribution in [2.75, 3.05) is 31.0 Å². The molecule has 148 valence electrons. The number of anilines is 2. The number of benzene rings is 2. The number of fused-ring (bicyclic) bond motifs is 1. The van der Waals surface area contributed by atoms with Gasteiger partial charge in [-0.3, -0.25) is 4.79 Å². The summed E-state index contributed by atoms with van der Waals surface area (Å²) in [5, 5.41) is 2.85. The van der Waals surface area contributed by atoms with Gasteiger partial charge in [-0.2, -0.15) is 0 Å². The van der Waals surface area contributed by atoms with Crippen LogP contribution in [0.1, 0.15) is 21.6 Å². The van der Waals surface area contributed by atoms with Crippen LogP contribution in [0.2, 0.25) is 0 Å². The number of methoxy groups -OCH3 is 2. The Labute approximate surface area is 169 Å². The molecule has 0 unspecified atom stereocenters. The lowest BCUT2D eigenvalue weighted by Crippen LogP contribution is -2.32. The number of aromatic nitrogens is 2. The van der Waals surface area contributed by atoms with Crippen LogP contribution >= 0.6 is 0 Å². The Hall–Kier alpha value is -3.61. The summed E-state index contributed by atoms with van der Waals surface area (Å²) in [5.74, 6) is 1.37. The highest BCUT2D eigenvalue weighted by Gasteiger charge is 2.20. The number of carbonyl (C=O) groups is 1. The molecule has 2 heterocycles. The Balaban J connectivity index is 1.54. The highest BCUT2D eigenvalue weighted by Crippen LogP contribution is 2.29. The molecule has 3 aromatic rings. The third-order valence-electron chi connectivity index (χ3n) is 4.94. The van der Waals surface area contributed by atoms with E-state index in [2.05, 4.69) is 38.4 Å². The van der Waals surface area contributed by atoms with Crippen molar-refractivity contribution < 1.29 is 14.3 Å². The molecule has 1 N–H and O–H groups in total. The van der Waals surface area contributed by atoms with E-state index < -0.39 is 0 Å². The minimum Gasteiger partial charge on any atom is -0.497 e. The monoisotopic (exact) mass is 390 g/mol. The van der Waals surface area contributed by atoms with Crippen LogP contribution in [-0.4, -0.2) is 36.6 Å². The van der Waals surface area contributed by atoms with Gasteiger partial charge in [0.05, 0.1) is 19.9 Å². The minimum atomic E-state index is -0.336. The number of ether oxygens (including phenoxy) is 2. The van der Waals surface area contributed by atoms with Crippen molar-refractivity contribution in [2.45, 2.75) is 13.0 Å². The predicted molar refractivity (Wildman–Crippen MR) is 111 cm³/mol. The summed E-state index contributed by atoms with van der Waals surface area (Å²) >= 11 is 0. The number of hydrogen-bond donors (Lipinski definition) is 1. The van der Waals surface area contributed by atoms with E-state index in [-0.39, 0.29) is 5.91 Å². The average Bonchev–Trinajstić information content (AvgIpc) is 2.78. The largest absolute Gasteiger partial charge is 0.497 e. The number of nitrogens with one attached hydrogen (secondary N) is 1. The zero-order valence-electron chi connectivity index (χ0n) is 16.4. The average molecular weight is 390 g/mol. The molecule has 0 saturated carbocycles. The van der Waals surface area contributed by atoms with Crippen LogP contribution in [0.25, 0.3) is 0 Å². The van der Waals surface area contributed by atoms with Gasteiger partial charge in [0.2, 0.25) is 5.95 Å². The molecule has 0 radical (unpaired) electrons. The van der Waals surface area contributed by atoms with Gasteiger partial charge in [-0.25, -0.2) is 9.97 Å². The van der Waals surface area contributed by atoms with Crippen molar-refractivity contribution in [3.05, 3.63) is 71.5 Å². The Bertz CT molecular complexity index is 1040. The lowest BCUT2D eigenvalue weighted by Gasteiger charge is -2.28. The number of rotatable bonds is 5. The van der Waals surface area contributed by atoms with Gasteiger partial charge < -0.3 is 19.7 Å². The predicted octanol–water partition coefficient (Wildman–Crippen LogP) is 3.31. The third-order valence-corrected chi connectivity index (χ3v) is 4.94. The van der Waals surface area contributed by atoms with Crippen molar-refractivity contribution >= 4 is 17.5 Å². The van der Waals surface area contributed by atoms with Crippen molar-refractivity contribution in [3.63, 3.8) is 0 Å². The SMILES string of the molecule is COc1ccc(OC)c(NC(=O)c2ccnc(N3CCc4ccccc4C3)n2)c1.